The monoisotopic (exact) mass is 275 g/mol. The van der Waals surface area contributed by atoms with Crippen LogP contribution >= 0.6 is 0 Å². The molecular weight excluding hydrogens is 250 g/mol. The average molecular weight is 275 g/mol. The summed E-state index contributed by atoms with van der Waals surface area (Å²) in [6.45, 7) is 6.30. The zero-order valence-electron chi connectivity index (χ0n) is 12.4. The molecule has 20 heavy (non-hydrogen) atoms. The Kier molecular flexibility index (Phi) is 5.15. The minimum atomic E-state index is 0.0442. The molecule has 3 N–H and O–H groups in total. The second kappa shape index (κ2) is 6.86. The van der Waals surface area contributed by atoms with Crippen LogP contribution in [0.1, 0.15) is 36.9 Å². The highest BCUT2D eigenvalue weighted by atomic mass is 16.2. The number of nitrogens with zero attached hydrogens (tertiary/aromatic N) is 1. The standard InChI is InChI=1S/C16H25N3O/c1-3-14(17)16(13-7-4-6-12(2)10-13)19-9-5-8-18-15(20)11-19/h4,6-7,10,14,16H,3,5,8-9,11,17H2,1-2H3,(H,18,20). The molecule has 0 spiro atoms. The summed E-state index contributed by atoms with van der Waals surface area (Å²) < 4.78 is 0. The maximum atomic E-state index is 11.8. The highest BCUT2D eigenvalue weighted by Gasteiger charge is 2.28. The van der Waals surface area contributed by atoms with Crippen molar-refractivity contribution in [2.24, 2.45) is 5.73 Å². The van der Waals surface area contributed by atoms with E-state index in [1.807, 2.05) is 0 Å². The smallest absolute Gasteiger partial charge is 0.234 e. The number of rotatable bonds is 4. The first-order valence-corrected chi connectivity index (χ1v) is 7.44. The summed E-state index contributed by atoms with van der Waals surface area (Å²) in [4.78, 5) is 14.0. The molecule has 110 valence electrons. The molecule has 1 aliphatic heterocycles. The van der Waals surface area contributed by atoms with Crippen LogP contribution in [0.4, 0.5) is 0 Å². The summed E-state index contributed by atoms with van der Waals surface area (Å²) in [5, 5.41) is 2.93. The topological polar surface area (TPSA) is 58.4 Å². The quantitative estimate of drug-likeness (QED) is 0.877. The van der Waals surface area contributed by atoms with E-state index in [1.54, 1.807) is 0 Å². The fraction of sp³-hybridized carbons (Fsp3) is 0.562. The number of hydrogen-bond acceptors (Lipinski definition) is 3. The molecule has 1 saturated heterocycles. The lowest BCUT2D eigenvalue weighted by atomic mass is 9.95. The van der Waals surface area contributed by atoms with Crippen molar-refractivity contribution in [2.45, 2.75) is 38.8 Å². The van der Waals surface area contributed by atoms with E-state index in [0.29, 0.717) is 6.54 Å². The fourth-order valence-electron chi connectivity index (χ4n) is 2.87. The van der Waals surface area contributed by atoms with E-state index in [9.17, 15) is 4.79 Å². The number of nitrogens with two attached hydrogens (primary N) is 1. The number of carbonyl (C=O) groups is 1. The number of aryl methyl sites for hydroxylation is 1. The van der Waals surface area contributed by atoms with Crippen molar-refractivity contribution in [1.29, 1.82) is 0 Å². The SMILES string of the molecule is CCC(N)C(c1cccc(C)c1)N1CCCNC(=O)C1. The zero-order chi connectivity index (χ0) is 14.5. The second-order valence-corrected chi connectivity index (χ2v) is 5.61. The van der Waals surface area contributed by atoms with Crippen molar-refractivity contribution < 1.29 is 4.79 Å². The molecule has 0 aromatic heterocycles. The molecule has 4 nitrogen and oxygen atoms in total. The molecule has 4 heteroatoms. The van der Waals surface area contributed by atoms with Crippen molar-refractivity contribution in [3.05, 3.63) is 35.4 Å². The Hall–Kier alpha value is -1.39. The lowest BCUT2D eigenvalue weighted by Crippen LogP contribution is -2.43. The average Bonchev–Trinajstić information content (AvgIpc) is 2.63. The van der Waals surface area contributed by atoms with E-state index < -0.39 is 0 Å². The van der Waals surface area contributed by atoms with Gasteiger partial charge in [-0.3, -0.25) is 9.69 Å². The van der Waals surface area contributed by atoms with Gasteiger partial charge in [0.15, 0.2) is 0 Å². The van der Waals surface area contributed by atoms with E-state index in [1.165, 1.54) is 11.1 Å². The van der Waals surface area contributed by atoms with Gasteiger partial charge in [0, 0.05) is 19.1 Å². The van der Waals surface area contributed by atoms with Crippen LogP contribution in [-0.4, -0.2) is 36.5 Å². The highest BCUT2D eigenvalue weighted by molar-refractivity contribution is 5.78. The summed E-state index contributed by atoms with van der Waals surface area (Å²) in [6.07, 6.45) is 1.88. The van der Waals surface area contributed by atoms with E-state index in [4.69, 9.17) is 5.73 Å². The Bertz CT molecular complexity index is 461. The number of hydrogen-bond donors (Lipinski definition) is 2. The molecule has 2 unspecified atom stereocenters. The van der Waals surface area contributed by atoms with Gasteiger partial charge in [-0.2, -0.15) is 0 Å². The molecular formula is C16H25N3O. The van der Waals surface area contributed by atoms with Crippen LogP contribution in [0.25, 0.3) is 0 Å². The number of nitrogens with one attached hydrogen (secondary N) is 1. The first kappa shape index (κ1) is 15.0. The minimum Gasteiger partial charge on any atom is -0.355 e. The Balaban J connectivity index is 2.29. The Labute approximate surface area is 121 Å². The predicted molar refractivity (Wildman–Crippen MR) is 81.4 cm³/mol. The fourth-order valence-corrected chi connectivity index (χ4v) is 2.87. The van der Waals surface area contributed by atoms with Crippen molar-refractivity contribution in [2.75, 3.05) is 19.6 Å². The number of benzene rings is 1. The molecule has 0 saturated carbocycles. The molecule has 0 radical (unpaired) electrons. The second-order valence-electron chi connectivity index (χ2n) is 5.61. The maximum Gasteiger partial charge on any atom is 0.234 e. The Morgan fingerprint density at radius 2 is 2.25 bits per heavy atom. The molecule has 0 bridgehead atoms. The van der Waals surface area contributed by atoms with Gasteiger partial charge in [0.05, 0.1) is 12.6 Å². The van der Waals surface area contributed by atoms with Gasteiger partial charge in [0.1, 0.15) is 0 Å². The molecule has 2 atom stereocenters. The summed E-state index contributed by atoms with van der Waals surface area (Å²) in [7, 11) is 0. The lowest BCUT2D eigenvalue weighted by molar-refractivity contribution is -0.122. The molecule has 1 amide bonds. The van der Waals surface area contributed by atoms with E-state index in [0.717, 1.165) is 25.9 Å². The molecule has 1 fully saturated rings. The molecule has 1 aromatic carbocycles. The van der Waals surface area contributed by atoms with Crippen molar-refractivity contribution in [3.63, 3.8) is 0 Å². The molecule has 1 aromatic rings. The molecule has 1 aliphatic rings. The molecule has 2 rings (SSSR count). The number of carbonyl (C=O) groups excluding carboxylic acids is 1. The summed E-state index contributed by atoms with van der Waals surface area (Å²) in [5.41, 5.74) is 8.80. The first-order valence-electron chi connectivity index (χ1n) is 7.44. The normalized spacial score (nSPS) is 20.1. The van der Waals surface area contributed by atoms with E-state index >= 15 is 0 Å². The third-order valence-electron chi connectivity index (χ3n) is 3.94. The van der Waals surface area contributed by atoms with E-state index in [-0.39, 0.29) is 18.0 Å². The molecule has 0 aliphatic carbocycles. The lowest BCUT2D eigenvalue weighted by Gasteiger charge is -2.34. The minimum absolute atomic E-state index is 0.0442. The summed E-state index contributed by atoms with van der Waals surface area (Å²) >= 11 is 0. The highest BCUT2D eigenvalue weighted by Crippen LogP contribution is 2.26. The van der Waals surface area contributed by atoms with Gasteiger partial charge in [0.25, 0.3) is 0 Å². The van der Waals surface area contributed by atoms with Crippen LogP contribution in [0.3, 0.4) is 0 Å². The summed E-state index contributed by atoms with van der Waals surface area (Å²) in [6, 6.07) is 8.62. The van der Waals surface area contributed by atoms with Gasteiger partial charge < -0.3 is 11.1 Å². The molecule has 1 heterocycles. The van der Waals surface area contributed by atoms with Gasteiger partial charge in [-0.15, -0.1) is 0 Å². The number of amides is 1. The first-order chi connectivity index (χ1) is 9.61. The van der Waals surface area contributed by atoms with Gasteiger partial charge in [-0.25, -0.2) is 0 Å². The van der Waals surface area contributed by atoms with Crippen molar-refractivity contribution in [3.8, 4) is 0 Å². The van der Waals surface area contributed by atoms with Gasteiger partial charge in [0.2, 0.25) is 5.91 Å². The van der Waals surface area contributed by atoms with Gasteiger partial charge in [-0.05, 0) is 25.3 Å². The van der Waals surface area contributed by atoms with Crippen LogP contribution in [0.5, 0.6) is 0 Å². The van der Waals surface area contributed by atoms with Crippen LogP contribution in [0.15, 0.2) is 24.3 Å². The maximum absolute atomic E-state index is 11.8. The van der Waals surface area contributed by atoms with Gasteiger partial charge in [-0.1, -0.05) is 36.8 Å². The third-order valence-corrected chi connectivity index (χ3v) is 3.94. The predicted octanol–water partition coefficient (Wildman–Crippen LogP) is 1.60. The third kappa shape index (κ3) is 3.58. The van der Waals surface area contributed by atoms with Crippen LogP contribution in [-0.2, 0) is 4.79 Å². The van der Waals surface area contributed by atoms with Crippen LogP contribution < -0.4 is 11.1 Å². The Morgan fingerprint density at radius 1 is 1.45 bits per heavy atom. The summed E-state index contributed by atoms with van der Waals surface area (Å²) in [5.74, 6) is 0.100. The van der Waals surface area contributed by atoms with E-state index in [2.05, 4.69) is 48.3 Å². The van der Waals surface area contributed by atoms with Crippen LogP contribution in [0.2, 0.25) is 0 Å². The largest absolute Gasteiger partial charge is 0.355 e. The van der Waals surface area contributed by atoms with Gasteiger partial charge >= 0.3 is 0 Å². The van der Waals surface area contributed by atoms with Crippen molar-refractivity contribution in [1.82, 2.24) is 10.2 Å². The Morgan fingerprint density at radius 3 is 2.95 bits per heavy atom. The van der Waals surface area contributed by atoms with Crippen LogP contribution in [0, 0.1) is 6.92 Å². The zero-order valence-corrected chi connectivity index (χ0v) is 12.4. The van der Waals surface area contributed by atoms with Crippen molar-refractivity contribution >= 4 is 5.91 Å².